The lowest BCUT2D eigenvalue weighted by Crippen LogP contribution is -2.33. The molecule has 0 aliphatic heterocycles. The Labute approximate surface area is 110 Å². The Bertz CT molecular complexity index is 264. The summed E-state index contributed by atoms with van der Waals surface area (Å²) in [5.41, 5.74) is 0. The number of rotatable bonds is 8. The van der Waals surface area contributed by atoms with Crippen LogP contribution in [-0.2, 0) is 14.3 Å². The quantitative estimate of drug-likeness (QED) is 0.679. The molecule has 1 N–H and O–H groups in total. The standard InChI is InChI=1S/C14H27NO3/c1-6-12(9-10(2)3)13(16)15-8-7-11(4)14(17)18-5/h10-12H,6-9H2,1-5H3,(H,15,16). The number of esters is 1. The number of amides is 1. The Morgan fingerprint density at radius 2 is 1.83 bits per heavy atom. The topological polar surface area (TPSA) is 55.4 Å². The molecule has 2 atom stereocenters. The minimum Gasteiger partial charge on any atom is -0.469 e. The predicted octanol–water partition coefficient (Wildman–Crippen LogP) is 2.37. The highest BCUT2D eigenvalue weighted by atomic mass is 16.5. The van der Waals surface area contributed by atoms with Crippen molar-refractivity contribution >= 4 is 11.9 Å². The van der Waals surface area contributed by atoms with Gasteiger partial charge in [0.25, 0.3) is 0 Å². The van der Waals surface area contributed by atoms with Crippen LogP contribution in [0.3, 0.4) is 0 Å². The largest absolute Gasteiger partial charge is 0.469 e. The number of hydrogen-bond acceptors (Lipinski definition) is 3. The number of ether oxygens (including phenoxy) is 1. The number of nitrogens with one attached hydrogen (secondary N) is 1. The van der Waals surface area contributed by atoms with Gasteiger partial charge in [-0.15, -0.1) is 0 Å². The van der Waals surface area contributed by atoms with Gasteiger partial charge in [-0.05, 0) is 25.2 Å². The van der Waals surface area contributed by atoms with Gasteiger partial charge in [-0.1, -0.05) is 27.7 Å². The van der Waals surface area contributed by atoms with Gasteiger partial charge in [-0.3, -0.25) is 9.59 Å². The van der Waals surface area contributed by atoms with Gasteiger partial charge in [0.05, 0.1) is 13.0 Å². The van der Waals surface area contributed by atoms with Crippen LogP contribution in [0.2, 0.25) is 0 Å². The second-order valence-electron chi connectivity index (χ2n) is 5.24. The zero-order valence-electron chi connectivity index (χ0n) is 12.3. The molecule has 0 saturated carbocycles. The van der Waals surface area contributed by atoms with Crippen molar-refractivity contribution in [3.63, 3.8) is 0 Å². The number of carbonyl (C=O) groups excluding carboxylic acids is 2. The molecule has 106 valence electrons. The van der Waals surface area contributed by atoms with Crippen LogP contribution >= 0.6 is 0 Å². The average molecular weight is 257 g/mol. The fraction of sp³-hybridized carbons (Fsp3) is 0.857. The highest BCUT2D eigenvalue weighted by molar-refractivity contribution is 5.78. The SMILES string of the molecule is CCC(CC(C)C)C(=O)NCCC(C)C(=O)OC. The Balaban J connectivity index is 3.97. The van der Waals surface area contributed by atoms with Crippen molar-refractivity contribution in [1.82, 2.24) is 5.32 Å². The third kappa shape index (κ3) is 6.62. The zero-order chi connectivity index (χ0) is 14.1. The Morgan fingerprint density at radius 3 is 2.28 bits per heavy atom. The van der Waals surface area contributed by atoms with E-state index in [0.717, 1.165) is 12.8 Å². The lowest BCUT2D eigenvalue weighted by Gasteiger charge is -2.17. The van der Waals surface area contributed by atoms with E-state index in [-0.39, 0.29) is 23.7 Å². The molecule has 1 amide bonds. The van der Waals surface area contributed by atoms with Crippen LogP contribution in [0.5, 0.6) is 0 Å². The molecule has 0 spiro atoms. The molecule has 2 unspecified atom stereocenters. The monoisotopic (exact) mass is 257 g/mol. The molecule has 4 heteroatoms. The van der Waals surface area contributed by atoms with Crippen molar-refractivity contribution in [2.45, 2.75) is 47.0 Å². The number of carbonyl (C=O) groups is 2. The van der Waals surface area contributed by atoms with Gasteiger partial charge in [-0.25, -0.2) is 0 Å². The van der Waals surface area contributed by atoms with Gasteiger partial charge in [0.1, 0.15) is 0 Å². The second-order valence-corrected chi connectivity index (χ2v) is 5.24. The highest BCUT2D eigenvalue weighted by Crippen LogP contribution is 2.15. The summed E-state index contributed by atoms with van der Waals surface area (Å²) < 4.78 is 4.64. The van der Waals surface area contributed by atoms with Crippen LogP contribution in [0, 0.1) is 17.8 Å². The van der Waals surface area contributed by atoms with Crippen molar-refractivity contribution in [2.24, 2.45) is 17.8 Å². The molecular formula is C14H27NO3. The first-order valence-corrected chi connectivity index (χ1v) is 6.77. The summed E-state index contributed by atoms with van der Waals surface area (Å²) in [5, 5.41) is 2.90. The lowest BCUT2D eigenvalue weighted by atomic mass is 9.94. The van der Waals surface area contributed by atoms with Gasteiger partial charge in [0, 0.05) is 12.5 Å². The molecule has 0 aromatic rings. The zero-order valence-corrected chi connectivity index (χ0v) is 12.3. The summed E-state index contributed by atoms with van der Waals surface area (Å²) in [4.78, 5) is 23.1. The van der Waals surface area contributed by atoms with Crippen LogP contribution in [0.1, 0.15) is 47.0 Å². The third-order valence-electron chi connectivity index (χ3n) is 3.10. The molecule has 0 saturated heterocycles. The lowest BCUT2D eigenvalue weighted by molar-refractivity contribution is -0.145. The summed E-state index contributed by atoms with van der Waals surface area (Å²) in [6.07, 6.45) is 2.39. The van der Waals surface area contributed by atoms with Gasteiger partial charge < -0.3 is 10.1 Å². The molecule has 0 rings (SSSR count). The first-order chi connectivity index (χ1) is 8.42. The van der Waals surface area contributed by atoms with Crippen LogP contribution < -0.4 is 5.32 Å². The molecule has 0 heterocycles. The molecular weight excluding hydrogens is 230 g/mol. The van der Waals surface area contributed by atoms with Crippen LogP contribution in [0.4, 0.5) is 0 Å². The van der Waals surface area contributed by atoms with E-state index in [1.165, 1.54) is 7.11 Å². The first-order valence-electron chi connectivity index (χ1n) is 6.77. The molecule has 0 aliphatic rings. The normalized spacial score (nSPS) is 14.1. The molecule has 0 bridgehead atoms. The minimum absolute atomic E-state index is 0.0819. The van der Waals surface area contributed by atoms with Crippen LogP contribution in [-0.4, -0.2) is 25.5 Å². The summed E-state index contributed by atoms with van der Waals surface area (Å²) in [5.74, 6) is 0.315. The molecule has 4 nitrogen and oxygen atoms in total. The molecule has 18 heavy (non-hydrogen) atoms. The summed E-state index contributed by atoms with van der Waals surface area (Å²) in [6.45, 7) is 8.61. The molecule has 0 aromatic heterocycles. The van der Waals surface area contributed by atoms with E-state index in [9.17, 15) is 9.59 Å². The van der Waals surface area contributed by atoms with E-state index >= 15 is 0 Å². The van der Waals surface area contributed by atoms with E-state index in [1.54, 1.807) is 0 Å². The van der Waals surface area contributed by atoms with E-state index < -0.39 is 0 Å². The fourth-order valence-electron chi connectivity index (χ4n) is 1.90. The van der Waals surface area contributed by atoms with Crippen LogP contribution in [0.25, 0.3) is 0 Å². The van der Waals surface area contributed by atoms with Gasteiger partial charge in [0.2, 0.25) is 5.91 Å². The number of hydrogen-bond donors (Lipinski definition) is 1. The fourth-order valence-corrected chi connectivity index (χ4v) is 1.90. The second kappa shape index (κ2) is 8.95. The Hall–Kier alpha value is -1.06. The third-order valence-corrected chi connectivity index (χ3v) is 3.10. The summed E-state index contributed by atoms with van der Waals surface area (Å²) in [6, 6.07) is 0. The maximum atomic E-state index is 11.9. The molecule has 0 aliphatic carbocycles. The maximum Gasteiger partial charge on any atom is 0.308 e. The van der Waals surface area contributed by atoms with Crippen molar-refractivity contribution in [3.05, 3.63) is 0 Å². The van der Waals surface area contributed by atoms with E-state index in [4.69, 9.17) is 0 Å². The molecule has 0 aromatic carbocycles. The van der Waals surface area contributed by atoms with Crippen molar-refractivity contribution in [1.29, 1.82) is 0 Å². The Morgan fingerprint density at radius 1 is 1.22 bits per heavy atom. The maximum absolute atomic E-state index is 11.9. The van der Waals surface area contributed by atoms with Gasteiger partial charge in [-0.2, -0.15) is 0 Å². The van der Waals surface area contributed by atoms with Crippen molar-refractivity contribution < 1.29 is 14.3 Å². The van der Waals surface area contributed by atoms with Crippen molar-refractivity contribution in [2.75, 3.05) is 13.7 Å². The molecule has 0 radical (unpaired) electrons. The van der Waals surface area contributed by atoms with E-state index in [0.29, 0.717) is 18.9 Å². The summed E-state index contributed by atoms with van der Waals surface area (Å²) in [7, 11) is 1.38. The minimum atomic E-state index is -0.224. The number of methoxy groups -OCH3 is 1. The highest BCUT2D eigenvalue weighted by Gasteiger charge is 2.18. The summed E-state index contributed by atoms with van der Waals surface area (Å²) >= 11 is 0. The van der Waals surface area contributed by atoms with Crippen molar-refractivity contribution in [3.8, 4) is 0 Å². The Kier molecular flexibility index (Phi) is 8.42. The van der Waals surface area contributed by atoms with Gasteiger partial charge >= 0.3 is 5.97 Å². The first kappa shape index (κ1) is 16.9. The van der Waals surface area contributed by atoms with E-state index in [2.05, 4.69) is 23.9 Å². The predicted molar refractivity (Wildman–Crippen MR) is 72.0 cm³/mol. The smallest absolute Gasteiger partial charge is 0.308 e. The molecule has 0 fully saturated rings. The van der Waals surface area contributed by atoms with Crippen LogP contribution in [0.15, 0.2) is 0 Å². The van der Waals surface area contributed by atoms with E-state index in [1.807, 2.05) is 13.8 Å². The van der Waals surface area contributed by atoms with Gasteiger partial charge in [0.15, 0.2) is 0 Å². The average Bonchev–Trinajstić information content (AvgIpc) is 2.34.